The highest BCUT2D eigenvalue weighted by atomic mass is 32.2. The van der Waals surface area contributed by atoms with E-state index in [0.29, 0.717) is 11.4 Å². The Bertz CT molecular complexity index is 389. The summed E-state index contributed by atoms with van der Waals surface area (Å²) < 4.78 is 0. The Kier molecular flexibility index (Phi) is 5.94. The molecule has 0 radical (unpaired) electrons. The zero-order valence-corrected chi connectivity index (χ0v) is 11.9. The molecule has 0 fully saturated rings. The third kappa shape index (κ3) is 3.89. The van der Waals surface area contributed by atoms with E-state index in [1.54, 1.807) is 29.8 Å². The lowest BCUT2D eigenvalue weighted by Crippen LogP contribution is -2.29. The summed E-state index contributed by atoms with van der Waals surface area (Å²) in [5.41, 5.74) is 3.97. The maximum absolute atomic E-state index is 12.2. The van der Waals surface area contributed by atoms with Gasteiger partial charge in [0, 0.05) is 30.6 Å². The molecule has 3 N–H and O–H groups in total. The van der Waals surface area contributed by atoms with Crippen molar-refractivity contribution in [2.24, 2.45) is 5.84 Å². The van der Waals surface area contributed by atoms with Crippen molar-refractivity contribution in [2.75, 3.05) is 31.0 Å². The number of hydrogen-bond acceptors (Lipinski definition) is 5. The van der Waals surface area contributed by atoms with Crippen LogP contribution in [0.15, 0.2) is 12.1 Å². The van der Waals surface area contributed by atoms with Crippen molar-refractivity contribution >= 4 is 23.5 Å². The fourth-order valence-electron chi connectivity index (χ4n) is 1.52. The highest BCUT2D eigenvalue weighted by Gasteiger charge is 2.13. The third-order valence-corrected chi connectivity index (χ3v) is 3.20. The van der Waals surface area contributed by atoms with Gasteiger partial charge in [-0.15, -0.1) is 0 Å². The number of nitrogen functional groups attached to an aromatic ring is 1. The van der Waals surface area contributed by atoms with Gasteiger partial charge in [0.1, 0.15) is 5.82 Å². The molecule has 1 aromatic rings. The van der Waals surface area contributed by atoms with Crippen LogP contribution in [0.5, 0.6) is 0 Å². The van der Waals surface area contributed by atoms with Gasteiger partial charge in [-0.1, -0.05) is 6.92 Å². The molecule has 1 rings (SSSR count). The van der Waals surface area contributed by atoms with E-state index < -0.39 is 0 Å². The summed E-state index contributed by atoms with van der Waals surface area (Å²) in [7, 11) is 1.81. The second-order valence-corrected chi connectivity index (χ2v) is 4.94. The molecule has 0 saturated heterocycles. The zero-order chi connectivity index (χ0) is 13.5. The summed E-state index contributed by atoms with van der Waals surface area (Å²) in [5, 5.41) is 0. The Hall–Kier alpha value is -1.27. The Labute approximate surface area is 112 Å². The van der Waals surface area contributed by atoms with E-state index in [4.69, 9.17) is 5.84 Å². The number of nitrogens with zero attached hydrogens (tertiary/aromatic N) is 2. The van der Waals surface area contributed by atoms with Gasteiger partial charge in [0.2, 0.25) is 0 Å². The van der Waals surface area contributed by atoms with Gasteiger partial charge in [-0.3, -0.25) is 4.79 Å². The van der Waals surface area contributed by atoms with E-state index in [1.807, 2.05) is 19.2 Å². The first kappa shape index (κ1) is 14.8. The van der Waals surface area contributed by atoms with E-state index in [2.05, 4.69) is 10.4 Å². The molecular weight excluding hydrogens is 248 g/mol. The third-order valence-electron chi connectivity index (χ3n) is 2.61. The van der Waals surface area contributed by atoms with Crippen molar-refractivity contribution in [1.82, 2.24) is 9.88 Å². The van der Waals surface area contributed by atoms with E-state index in [-0.39, 0.29) is 5.91 Å². The van der Waals surface area contributed by atoms with Crippen LogP contribution >= 0.6 is 11.8 Å². The molecule has 1 aromatic heterocycles. The summed E-state index contributed by atoms with van der Waals surface area (Å²) in [6, 6.07) is 3.50. The molecule has 0 unspecified atom stereocenters. The van der Waals surface area contributed by atoms with E-state index in [9.17, 15) is 4.79 Å². The number of hydrogen-bond donors (Lipinski definition) is 2. The van der Waals surface area contributed by atoms with Crippen molar-refractivity contribution < 1.29 is 4.79 Å². The molecule has 100 valence electrons. The largest absolute Gasteiger partial charge is 0.341 e. The van der Waals surface area contributed by atoms with Gasteiger partial charge in [0.05, 0.1) is 0 Å². The highest BCUT2D eigenvalue weighted by molar-refractivity contribution is 7.98. The fraction of sp³-hybridized carbons (Fsp3) is 0.500. The number of anilines is 1. The molecule has 0 aliphatic rings. The first-order chi connectivity index (χ1) is 8.62. The number of aromatic nitrogens is 1. The minimum atomic E-state index is -0.00218. The monoisotopic (exact) mass is 268 g/mol. The molecule has 0 aliphatic heterocycles. The van der Waals surface area contributed by atoms with Crippen LogP contribution in [0.4, 0.5) is 5.82 Å². The molecule has 1 amide bonds. The van der Waals surface area contributed by atoms with Gasteiger partial charge >= 0.3 is 0 Å². The lowest BCUT2D eigenvalue weighted by Gasteiger charge is -2.17. The SMILES string of the molecule is CCc1cc(C(=O)N(C)CCSC)cc(NN)n1. The number of pyridine rings is 1. The number of carbonyl (C=O) groups is 1. The molecule has 0 aromatic carbocycles. The van der Waals surface area contributed by atoms with Crippen LogP contribution in [0.3, 0.4) is 0 Å². The van der Waals surface area contributed by atoms with Gasteiger partial charge in [-0.2, -0.15) is 11.8 Å². The van der Waals surface area contributed by atoms with Crippen molar-refractivity contribution in [3.8, 4) is 0 Å². The molecule has 1 heterocycles. The molecule has 0 atom stereocenters. The van der Waals surface area contributed by atoms with Crippen LogP contribution in [0.2, 0.25) is 0 Å². The molecule has 6 heteroatoms. The minimum Gasteiger partial charge on any atom is -0.341 e. The van der Waals surface area contributed by atoms with Gasteiger partial charge in [-0.25, -0.2) is 10.8 Å². The second-order valence-electron chi connectivity index (χ2n) is 3.95. The molecular formula is C12H20N4OS. The average molecular weight is 268 g/mol. The first-order valence-electron chi connectivity index (χ1n) is 5.84. The first-order valence-corrected chi connectivity index (χ1v) is 7.23. The van der Waals surface area contributed by atoms with Gasteiger partial charge in [0.25, 0.3) is 5.91 Å². The molecule has 0 bridgehead atoms. The highest BCUT2D eigenvalue weighted by Crippen LogP contribution is 2.12. The van der Waals surface area contributed by atoms with Crippen molar-refractivity contribution in [3.05, 3.63) is 23.4 Å². The average Bonchev–Trinajstić information content (AvgIpc) is 2.43. The van der Waals surface area contributed by atoms with E-state index in [0.717, 1.165) is 24.4 Å². The Balaban J connectivity index is 2.90. The predicted octanol–water partition coefficient (Wildman–Crippen LogP) is 1.36. The second kappa shape index (κ2) is 7.23. The minimum absolute atomic E-state index is 0.00218. The molecule has 0 saturated carbocycles. The fourth-order valence-corrected chi connectivity index (χ4v) is 1.97. The van der Waals surface area contributed by atoms with Crippen molar-refractivity contribution in [2.45, 2.75) is 13.3 Å². The number of aryl methyl sites for hydroxylation is 1. The number of nitrogens with one attached hydrogen (secondary N) is 1. The normalized spacial score (nSPS) is 10.2. The van der Waals surface area contributed by atoms with E-state index >= 15 is 0 Å². The van der Waals surface area contributed by atoms with Gasteiger partial charge in [-0.05, 0) is 24.8 Å². The smallest absolute Gasteiger partial charge is 0.253 e. The summed E-state index contributed by atoms with van der Waals surface area (Å²) in [6.07, 6.45) is 2.79. The Morgan fingerprint density at radius 2 is 2.28 bits per heavy atom. The Morgan fingerprint density at radius 3 is 2.83 bits per heavy atom. The molecule has 0 spiro atoms. The van der Waals surface area contributed by atoms with Crippen LogP contribution in [0, 0.1) is 0 Å². The number of hydrazine groups is 1. The zero-order valence-electron chi connectivity index (χ0n) is 11.1. The van der Waals surface area contributed by atoms with Crippen molar-refractivity contribution in [1.29, 1.82) is 0 Å². The van der Waals surface area contributed by atoms with Crippen molar-refractivity contribution in [3.63, 3.8) is 0 Å². The van der Waals surface area contributed by atoms with Crippen LogP contribution < -0.4 is 11.3 Å². The van der Waals surface area contributed by atoms with Crippen LogP contribution in [-0.2, 0) is 6.42 Å². The quantitative estimate of drug-likeness (QED) is 0.602. The number of nitrogens with two attached hydrogens (primary N) is 1. The standard InChI is InChI=1S/C12H20N4OS/c1-4-10-7-9(8-11(14-10)15-13)12(17)16(2)5-6-18-3/h7-8H,4-6,13H2,1-3H3,(H,14,15). The van der Waals surface area contributed by atoms with Gasteiger partial charge < -0.3 is 10.3 Å². The maximum Gasteiger partial charge on any atom is 0.253 e. The summed E-state index contributed by atoms with van der Waals surface area (Å²) in [6.45, 7) is 2.73. The lowest BCUT2D eigenvalue weighted by molar-refractivity contribution is 0.0803. The summed E-state index contributed by atoms with van der Waals surface area (Å²) in [5.74, 6) is 6.81. The van der Waals surface area contributed by atoms with Gasteiger partial charge in [0.15, 0.2) is 0 Å². The number of amides is 1. The van der Waals surface area contributed by atoms with Crippen LogP contribution in [0.25, 0.3) is 0 Å². The van der Waals surface area contributed by atoms with E-state index in [1.165, 1.54) is 0 Å². The van der Waals surface area contributed by atoms with Crippen LogP contribution in [0.1, 0.15) is 23.0 Å². The number of thioether (sulfide) groups is 1. The molecule has 5 nitrogen and oxygen atoms in total. The molecule has 0 aliphatic carbocycles. The summed E-state index contributed by atoms with van der Waals surface area (Å²) >= 11 is 1.72. The topological polar surface area (TPSA) is 71.2 Å². The molecule has 18 heavy (non-hydrogen) atoms. The lowest BCUT2D eigenvalue weighted by atomic mass is 10.1. The van der Waals surface area contributed by atoms with Crippen LogP contribution in [-0.4, -0.2) is 41.4 Å². The number of carbonyl (C=O) groups excluding carboxylic acids is 1. The maximum atomic E-state index is 12.2. The summed E-state index contributed by atoms with van der Waals surface area (Å²) in [4.78, 5) is 18.2. The number of rotatable bonds is 6. The Morgan fingerprint density at radius 1 is 1.56 bits per heavy atom. The predicted molar refractivity (Wildman–Crippen MR) is 76.8 cm³/mol.